The summed E-state index contributed by atoms with van der Waals surface area (Å²) in [4.78, 5) is 25.5. The summed E-state index contributed by atoms with van der Waals surface area (Å²) in [5, 5.41) is 5.03. The molecule has 0 bridgehead atoms. The van der Waals surface area contributed by atoms with Crippen molar-refractivity contribution < 1.29 is 28.5 Å². The lowest BCUT2D eigenvalue weighted by molar-refractivity contribution is -0.140. The Morgan fingerprint density at radius 2 is 1.00 bits per heavy atom. The van der Waals surface area contributed by atoms with Crippen LogP contribution in [0.25, 0.3) is 0 Å². The van der Waals surface area contributed by atoms with E-state index in [1.54, 1.807) is 27.7 Å². The molecule has 0 spiro atoms. The molecular formula is C28H40N2O6S2. The van der Waals surface area contributed by atoms with Crippen LogP contribution in [0.3, 0.4) is 0 Å². The summed E-state index contributed by atoms with van der Waals surface area (Å²) < 4.78 is 23.2. The van der Waals surface area contributed by atoms with E-state index in [9.17, 15) is 9.59 Å². The van der Waals surface area contributed by atoms with Gasteiger partial charge >= 0.3 is 0 Å². The van der Waals surface area contributed by atoms with Gasteiger partial charge in [-0.1, -0.05) is 71.8 Å². The second kappa shape index (κ2) is 17.2. The lowest BCUT2D eigenvalue weighted by atomic mass is 10.3. The Labute approximate surface area is 234 Å². The van der Waals surface area contributed by atoms with Gasteiger partial charge in [0.2, 0.25) is 11.8 Å². The van der Waals surface area contributed by atoms with Crippen molar-refractivity contribution in [3.8, 4) is 11.5 Å². The van der Waals surface area contributed by atoms with Crippen molar-refractivity contribution in [2.24, 2.45) is 0 Å². The number of rotatable bonds is 17. The van der Waals surface area contributed by atoms with E-state index in [0.717, 1.165) is 0 Å². The first-order valence-electron chi connectivity index (χ1n) is 12.9. The third kappa shape index (κ3) is 12.0. The van der Waals surface area contributed by atoms with Crippen molar-refractivity contribution in [3.63, 3.8) is 0 Å². The van der Waals surface area contributed by atoms with Crippen molar-refractivity contribution in [2.45, 2.75) is 89.9 Å². The molecule has 2 aromatic carbocycles. The van der Waals surface area contributed by atoms with Crippen LogP contribution in [0.4, 0.5) is 0 Å². The highest BCUT2D eigenvalue weighted by molar-refractivity contribution is 8.77. The van der Waals surface area contributed by atoms with Gasteiger partial charge in [0.25, 0.3) is 0 Å². The van der Waals surface area contributed by atoms with Crippen LogP contribution in [0.1, 0.15) is 54.4 Å². The van der Waals surface area contributed by atoms with Gasteiger partial charge in [-0.25, -0.2) is 0 Å². The third-order valence-electron chi connectivity index (χ3n) is 5.23. The molecule has 0 saturated heterocycles. The Morgan fingerprint density at radius 1 is 0.658 bits per heavy atom. The van der Waals surface area contributed by atoms with Crippen LogP contribution in [-0.4, -0.2) is 47.4 Å². The van der Waals surface area contributed by atoms with Gasteiger partial charge in [-0.3, -0.25) is 9.59 Å². The number of amides is 2. The normalized spacial score (nSPS) is 15.8. The van der Waals surface area contributed by atoms with Crippen LogP contribution in [0, 0.1) is 0 Å². The monoisotopic (exact) mass is 564 g/mol. The molecule has 2 aromatic rings. The molecular weight excluding hydrogens is 524 g/mol. The molecule has 10 heteroatoms. The van der Waals surface area contributed by atoms with E-state index in [-0.39, 0.29) is 11.8 Å². The van der Waals surface area contributed by atoms with Gasteiger partial charge < -0.3 is 29.6 Å². The number of benzene rings is 2. The fourth-order valence-electron chi connectivity index (χ4n) is 3.17. The highest BCUT2D eigenvalue weighted by Gasteiger charge is 2.24. The van der Waals surface area contributed by atoms with Crippen LogP contribution in [-0.2, 0) is 19.1 Å². The molecule has 0 aromatic heterocycles. The zero-order chi connectivity index (χ0) is 27.9. The molecule has 0 fully saturated rings. The summed E-state index contributed by atoms with van der Waals surface area (Å²) in [7, 11) is 2.67. The summed E-state index contributed by atoms with van der Waals surface area (Å²) in [5.74, 6) is 1.05. The standard InChI is InChI=1S/C28H40N2O6S2/c1-7-25(35-21(5)33-23-15-11-9-12-16-23)29-27(31)19(3)37-38-20(4)28(32)30-26(8-2)36-22(6)34-24-17-13-10-14-18-24/h9-22,25-26H,7-8H2,1-6H3,(H,29,31)(H,30,32). The maximum absolute atomic E-state index is 12.7. The molecule has 0 saturated carbocycles. The Kier molecular flexibility index (Phi) is 14.4. The Balaban J connectivity index is 1.73. The maximum Gasteiger partial charge on any atom is 0.235 e. The molecule has 2 rings (SSSR count). The van der Waals surface area contributed by atoms with Gasteiger partial charge in [0.05, 0.1) is 10.5 Å². The van der Waals surface area contributed by atoms with E-state index in [2.05, 4.69) is 10.6 Å². The second-order valence-electron chi connectivity index (χ2n) is 8.56. The number of para-hydroxylation sites is 2. The first-order valence-corrected chi connectivity index (χ1v) is 15.2. The molecule has 0 radical (unpaired) electrons. The van der Waals surface area contributed by atoms with E-state index < -0.39 is 35.5 Å². The summed E-state index contributed by atoms with van der Waals surface area (Å²) in [6.07, 6.45) is -0.864. The number of ether oxygens (including phenoxy) is 4. The highest BCUT2D eigenvalue weighted by Crippen LogP contribution is 2.31. The third-order valence-corrected chi connectivity index (χ3v) is 8.42. The van der Waals surface area contributed by atoms with Gasteiger partial charge in [0.15, 0.2) is 12.6 Å². The summed E-state index contributed by atoms with van der Waals surface area (Å²) >= 11 is 0. The molecule has 0 aliphatic rings. The summed E-state index contributed by atoms with van der Waals surface area (Å²) in [5.41, 5.74) is 0. The number of carbonyl (C=O) groups is 2. The van der Waals surface area contributed by atoms with Crippen molar-refractivity contribution >= 4 is 33.4 Å². The largest absolute Gasteiger partial charge is 0.465 e. The van der Waals surface area contributed by atoms with E-state index in [4.69, 9.17) is 18.9 Å². The predicted octanol–water partition coefficient (Wildman–Crippen LogP) is 5.73. The molecule has 38 heavy (non-hydrogen) atoms. The molecule has 8 nitrogen and oxygen atoms in total. The molecule has 2 N–H and O–H groups in total. The average molecular weight is 565 g/mol. The fourth-order valence-corrected chi connectivity index (χ4v) is 5.34. The zero-order valence-corrected chi connectivity index (χ0v) is 24.6. The van der Waals surface area contributed by atoms with Crippen molar-refractivity contribution in [1.82, 2.24) is 10.6 Å². The predicted molar refractivity (Wildman–Crippen MR) is 154 cm³/mol. The minimum atomic E-state index is -0.529. The van der Waals surface area contributed by atoms with Gasteiger partial charge in [-0.2, -0.15) is 0 Å². The van der Waals surface area contributed by atoms with Crippen LogP contribution < -0.4 is 20.1 Å². The van der Waals surface area contributed by atoms with Crippen LogP contribution >= 0.6 is 21.6 Å². The van der Waals surface area contributed by atoms with Gasteiger partial charge in [0, 0.05) is 0 Å². The number of hydrogen-bond acceptors (Lipinski definition) is 8. The van der Waals surface area contributed by atoms with Crippen LogP contribution in [0.15, 0.2) is 60.7 Å². The molecule has 6 atom stereocenters. The number of hydrogen-bond donors (Lipinski definition) is 2. The van der Waals surface area contributed by atoms with Crippen LogP contribution in [0.5, 0.6) is 11.5 Å². The Morgan fingerprint density at radius 3 is 1.32 bits per heavy atom. The SMILES string of the molecule is CCC(NC(=O)C(C)SSC(C)C(=O)NC(CC)OC(C)Oc1ccccc1)OC(C)Oc1ccccc1. The molecule has 0 aliphatic heterocycles. The van der Waals surface area contributed by atoms with Gasteiger partial charge in [0.1, 0.15) is 24.0 Å². The molecule has 0 heterocycles. The zero-order valence-electron chi connectivity index (χ0n) is 22.9. The van der Waals surface area contributed by atoms with E-state index >= 15 is 0 Å². The topological polar surface area (TPSA) is 95.1 Å². The minimum Gasteiger partial charge on any atom is -0.465 e. The van der Waals surface area contributed by atoms with E-state index in [1.165, 1.54) is 21.6 Å². The highest BCUT2D eigenvalue weighted by atomic mass is 33.1. The second-order valence-corrected chi connectivity index (χ2v) is 11.5. The Hall–Kier alpha value is -2.40. The first-order chi connectivity index (χ1) is 18.2. The van der Waals surface area contributed by atoms with Gasteiger partial charge in [-0.15, -0.1) is 0 Å². The molecule has 6 unspecified atom stereocenters. The van der Waals surface area contributed by atoms with Crippen molar-refractivity contribution in [3.05, 3.63) is 60.7 Å². The van der Waals surface area contributed by atoms with Crippen LogP contribution in [0.2, 0.25) is 0 Å². The Bertz CT molecular complexity index is 875. The molecule has 2 amide bonds. The van der Waals surface area contributed by atoms with E-state index in [1.807, 2.05) is 74.5 Å². The van der Waals surface area contributed by atoms with Gasteiger partial charge in [-0.05, 0) is 64.8 Å². The lowest BCUT2D eigenvalue weighted by Crippen LogP contribution is -2.43. The lowest BCUT2D eigenvalue weighted by Gasteiger charge is -2.25. The smallest absolute Gasteiger partial charge is 0.235 e. The van der Waals surface area contributed by atoms with E-state index in [0.29, 0.717) is 24.3 Å². The number of carbonyl (C=O) groups excluding carboxylic acids is 2. The average Bonchev–Trinajstić information content (AvgIpc) is 2.91. The molecule has 210 valence electrons. The summed E-state index contributed by atoms with van der Waals surface area (Å²) in [6.45, 7) is 11.0. The van der Waals surface area contributed by atoms with Crippen molar-refractivity contribution in [1.29, 1.82) is 0 Å². The van der Waals surface area contributed by atoms with Crippen molar-refractivity contribution in [2.75, 3.05) is 0 Å². The maximum atomic E-state index is 12.7. The summed E-state index contributed by atoms with van der Waals surface area (Å²) in [6, 6.07) is 18.7. The first kappa shape index (κ1) is 31.8. The molecule has 0 aliphatic carbocycles. The number of nitrogens with one attached hydrogen (secondary N) is 2. The minimum absolute atomic E-state index is 0.171. The fraction of sp³-hybridized carbons (Fsp3) is 0.500. The quantitative estimate of drug-likeness (QED) is 0.186.